The molecule has 0 spiro atoms. The van der Waals surface area contributed by atoms with E-state index in [1.807, 2.05) is 98.7 Å². The Labute approximate surface area is 579 Å². The topological polar surface area (TPSA) is 296 Å². The number of nitrogens with zero attached hydrogens (tertiary/aromatic N) is 3. The molecule has 0 saturated carbocycles. The van der Waals surface area contributed by atoms with E-state index in [9.17, 15) is 62.9 Å². The summed E-state index contributed by atoms with van der Waals surface area (Å²) in [6.07, 6.45) is 0. The van der Waals surface area contributed by atoms with Crippen LogP contribution in [0.25, 0.3) is 0 Å². The van der Waals surface area contributed by atoms with Gasteiger partial charge in [0.25, 0.3) is 50.3 Å². The van der Waals surface area contributed by atoms with Gasteiger partial charge in [0, 0.05) is 47.3 Å². The van der Waals surface area contributed by atoms with E-state index in [0.717, 1.165) is 27.8 Å². The summed E-state index contributed by atoms with van der Waals surface area (Å²) >= 11 is 6.26. The number of nitrogens with one attached hydrogen (secondary N) is 6. The molecule has 0 aliphatic heterocycles. The molecular formula is C76H87ClFN9O12. The lowest BCUT2D eigenvalue weighted by molar-refractivity contribution is 0.0817. The fourth-order valence-corrected chi connectivity index (χ4v) is 11.5. The zero-order chi connectivity index (χ0) is 74.0. The molecule has 0 aromatic heterocycles. The summed E-state index contributed by atoms with van der Waals surface area (Å²) in [5, 5.41) is 50.5. The molecule has 9 rings (SSSR count). The molecule has 9 aromatic rings. The van der Waals surface area contributed by atoms with Gasteiger partial charge in [-0.2, -0.15) is 0 Å². The summed E-state index contributed by atoms with van der Waals surface area (Å²) in [4.78, 5) is 116. The predicted octanol–water partition coefficient (Wildman–Crippen LogP) is 12.9. The standard InChI is InChI=1S/C26H31N3O4.C25H28ClN3O4.C25H28FN3O4/c1-14-11-12-16(13-15(14)2)24(26(3,4)5)28-20-19(22(31)23(20)32)27-18-10-8-9-17(21(18)30)25(33)29(6)7;2*1-13-10-14(12-15(26)11-13)23(25(2,3)4)28-19-18(21(31)22(19)32)27-17-9-7-8-16(20(17)30)24(33)29(5)6/h8-13,24,27-28,30H,1-7H3;2*7-12,23,27-28,30H,1-6H3. The average molecular weight is 1370 g/mol. The number of carbonyl (C=O) groups is 3. The quantitative estimate of drug-likeness (QED) is 0.0285. The molecule has 9 N–H and O–H groups in total. The van der Waals surface area contributed by atoms with E-state index in [4.69, 9.17) is 11.6 Å². The minimum Gasteiger partial charge on any atom is -0.505 e. The van der Waals surface area contributed by atoms with Gasteiger partial charge in [0.1, 0.15) is 39.9 Å². The van der Waals surface area contributed by atoms with Crippen LogP contribution in [0.5, 0.6) is 17.2 Å². The van der Waals surface area contributed by atoms with Crippen molar-refractivity contribution < 1.29 is 34.1 Å². The van der Waals surface area contributed by atoms with Gasteiger partial charge in [-0.1, -0.05) is 122 Å². The number of halogens is 2. The minimum absolute atomic E-state index is 0.0212. The van der Waals surface area contributed by atoms with Gasteiger partial charge in [0.05, 0.1) is 51.9 Å². The third kappa shape index (κ3) is 16.9. The van der Waals surface area contributed by atoms with Crippen molar-refractivity contribution in [2.45, 2.75) is 108 Å². The predicted molar refractivity (Wildman–Crippen MR) is 393 cm³/mol. The van der Waals surface area contributed by atoms with Crippen molar-refractivity contribution in [3.8, 4) is 17.2 Å². The summed E-state index contributed by atoms with van der Waals surface area (Å²) < 4.78 is 14.1. The molecule has 0 fully saturated rings. The number of carbonyl (C=O) groups excluding carboxylic acids is 3. The maximum Gasteiger partial charge on any atom is 0.257 e. The Kier molecular flexibility index (Phi) is 22.7. The Morgan fingerprint density at radius 2 is 0.697 bits per heavy atom. The van der Waals surface area contributed by atoms with Gasteiger partial charge >= 0.3 is 0 Å². The van der Waals surface area contributed by atoms with Crippen molar-refractivity contribution in [3.05, 3.63) is 237 Å². The highest BCUT2D eigenvalue weighted by Crippen LogP contribution is 2.43. The van der Waals surface area contributed by atoms with Crippen molar-refractivity contribution in [1.82, 2.24) is 14.7 Å². The molecule has 3 amide bonds. The van der Waals surface area contributed by atoms with Crippen LogP contribution in [-0.2, 0) is 0 Å². The van der Waals surface area contributed by atoms with E-state index in [-0.39, 0.29) is 120 Å². The second kappa shape index (κ2) is 29.6. The van der Waals surface area contributed by atoms with Crippen molar-refractivity contribution in [2.75, 3.05) is 74.2 Å². The lowest BCUT2D eigenvalue weighted by atomic mass is 9.81. The van der Waals surface area contributed by atoms with Gasteiger partial charge in [0.2, 0.25) is 0 Å². The zero-order valence-corrected chi connectivity index (χ0v) is 60.0. The molecule has 0 bridgehead atoms. The lowest BCUT2D eigenvalue weighted by Gasteiger charge is -2.34. The highest BCUT2D eigenvalue weighted by atomic mass is 35.5. The zero-order valence-electron chi connectivity index (χ0n) is 59.2. The van der Waals surface area contributed by atoms with Crippen LogP contribution in [0.3, 0.4) is 0 Å². The molecule has 0 heterocycles. The van der Waals surface area contributed by atoms with Crippen molar-refractivity contribution in [2.24, 2.45) is 16.2 Å². The summed E-state index contributed by atoms with van der Waals surface area (Å²) in [5.74, 6) is -2.47. The van der Waals surface area contributed by atoms with Crippen LogP contribution in [0, 0.1) is 49.8 Å². The van der Waals surface area contributed by atoms with Crippen LogP contribution in [0.2, 0.25) is 5.02 Å². The van der Waals surface area contributed by atoms with E-state index >= 15 is 0 Å². The second-order valence-corrected chi connectivity index (χ2v) is 29.0. The molecule has 522 valence electrons. The molecule has 3 atom stereocenters. The third-order valence-electron chi connectivity index (χ3n) is 16.7. The van der Waals surface area contributed by atoms with Crippen LogP contribution in [0.4, 0.5) is 55.6 Å². The van der Waals surface area contributed by atoms with Gasteiger partial charge in [-0.3, -0.25) is 43.2 Å². The molecule has 3 unspecified atom stereocenters. The SMILES string of the molecule is Cc1cc(Cl)cc(C(Nc2c(Nc3cccc(C(=O)N(C)C)c3O)c(=O)c2=O)C(C)(C)C)c1.Cc1cc(F)cc(C(Nc2c(Nc3cccc(C(=O)N(C)C)c3O)c(=O)c2=O)C(C)(C)C)c1.Cc1ccc(C(Nc2c(Nc3cccc(C(=O)N(C)C)c3O)c(=O)c2=O)C(C)(C)C)cc1C. The number of aromatic hydroxyl groups is 3. The Morgan fingerprint density at radius 3 is 0.990 bits per heavy atom. The van der Waals surface area contributed by atoms with Crippen molar-refractivity contribution in [1.29, 1.82) is 0 Å². The summed E-state index contributed by atoms with van der Waals surface area (Å²) in [6.45, 7) is 25.8. The van der Waals surface area contributed by atoms with Crippen LogP contribution >= 0.6 is 11.6 Å². The number of phenols is 3. The van der Waals surface area contributed by atoms with Crippen LogP contribution < -0.4 is 64.5 Å². The Morgan fingerprint density at radius 1 is 0.394 bits per heavy atom. The first-order valence-corrected chi connectivity index (χ1v) is 32.2. The molecular weight excluding hydrogens is 1290 g/mol. The van der Waals surface area contributed by atoms with Gasteiger partial charge in [-0.15, -0.1) is 0 Å². The number of rotatable bonds is 18. The molecule has 0 radical (unpaired) electrons. The number of phenolic OH excluding ortho intramolecular Hbond substituents is 3. The molecule has 21 nitrogen and oxygen atoms in total. The van der Waals surface area contributed by atoms with Crippen molar-refractivity contribution >= 4 is 80.5 Å². The Balaban J connectivity index is 0.000000209. The van der Waals surface area contributed by atoms with Gasteiger partial charge in [-0.25, -0.2) is 4.39 Å². The largest absolute Gasteiger partial charge is 0.505 e. The van der Waals surface area contributed by atoms with Gasteiger partial charge in [0.15, 0.2) is 17.2 Å². The smallest absolute Gasteiger partial charge is 0.257 e. The highest BCUT2D eigenvalue weighted by molar-refractivity contribution is 6.30. The monoisotopic (exact) mass is 1370 g/mol. The minimum atomic E-state index is -0.746. The van der Waals surface area contributed by atoms with Crippen LogP contribution in [0.1, 0.15) is 150 Å². The Hall–Kier alpha value is -10.6. The maximum atomic E-state index is 14.1. The molecule has 9 aromatic carbocycles. The number of benzene rings is 6. The highest BCUT2D eigenvalue weighted by Gasteiger charge is 2.36. The number of hydrogen-bond acceptors (Lipinski definition) is 18. The van der Waals surface area contributed by atoms with Crippen LogP contribution in [0.15, 0.2) is 138 Å². The fourth-order valence-electron chi connectivity index (χ4n) is 11.2. The summed E-state index contributed by atoms with van der Waals surface area (Å²) in [5.41, 5.74) is 2.56. The number of aryl methyl sites for hydroxylation is 4. The molecule has 0 aliphatic rings. The van der Waals surface area contributed by atoms with Crippen LogP contribution in [-0.4, -0.2) is 90.0 Å². The Bertz CT molecular complexity index is 4560. The summed E-state index contributed by atoms with van der Waals surface area (Å²) in [7, 11) is 9.43. The number of amides is 3. The molecule has 99 heavy (non-hydrogen) atoms. The average Bonchev–Trinajstić information content (AvgIpc) is 0.769. The normalized spacial score (nSPS) is 12.5. The van der Waals surface area contributed by atoms with E-state index in [1.165, 1.54) is 62.7 Å². The second-order valence-electron chi connectivity index (χ2n) is 28.6. The number of hydrogen-bond donors (Lipinski definition) is 9. The summed E-state index contributed by atoms with van der Waals surface area (Å²) in [6, 6.07) is 29.2. The van der Waals surface area contributed by atoms with E-state index in [0.29, 0.717) is 10.6 Å². The number of para-hydroxylation sites is 3. The number of anilines is 9. The first-order valence-electron chi connectivity index (χ1n) is 31.8. The van der Waals surface area contributed by atoms with E-state index in [1.54, 1.807) is 73.5 Å². The molecule has 0 saturated heterocycles. The van der Waals surface area contributed by atoms with Gasteiger partial charge < -0.3 is 61.9 Å². The first kappa shape index (κ1) is 75.8. The van der Waals surface area contributed by atoms with Gasteiger partial charge in [-0.05, 0) is 144 Å². The molecule has 23 heteroatoms. The fraction of sp³-hybridized carbons (Fsp3) is 0.329. The first-order chi connectivity index (χ1) is 45.9. The van der Waals surface area contributed by atoms with Crippen molar-refractivity contribution in [3.63, 3.8) is 0 Å². The van der Waals surface area contributed by atoms with E-state index in [2.05, 4.69) is 58.7 Å². The maximum absolute atomic E-state index is 14.1. The molecule has 0 aliphatic carbocycles. The third-order valence-corrected chi connectivity index (χ3v) is 16.9. The van der Waals surface area contributed by atoms with E-state index < -0.39 is 55.8 Å². The lowest BCUT2D eigenvalue weighted by Crippen LogP contribution is -2.39.